The van der Waals surface area contributed by atoms with Crippen LogP contribution in [0.4, 0.5) is 0 Å². The predicted molar refractivity (Wildman–Crippen MR) is 80.0 cm³/mol. The lowest BCUT2D eigenvalue weighted by molar-refractivity contribution is 0.112. The zero-order valence-corrected chi connectivity index (χ0v) is 11.5. The van der Waals surface area contributed by atoms with E-state index in [4.69, 9.17) is 11.6 Å². The van der Waals surface area contributed by atoms with Crippen molar-refractivity contribution in [2.24, 2.45) is 0 Å². The van der Waals surface area contributed by atoms with Crippen LogP contribution in [-0.4, -0.2) is 10.3 Å². The van der Waals surface area contributed by atoms with E-state index in [0.29, 0.717) is 5.56 Å². The fraction of sp³-hybridized carbons (Fsp3) is 0. The van der Waals surface area contributed by atoms with E-state index in [1.54, 1.807) is 11.9 Å². The summed E-state index contributed by atoms with van der Waals surface area (Å²) < 4.78 is 2.00. The first-order chi connectivity index (χ1) is 9.28. The number of fused-ring (bicyclic) bond motifs is 1. The topological polar surface area (TPSA) is 22.0 Å². The highest BCUT2D eigenvalue weighted by Crippen LogP contribution is 2.29. The Hall–Kier alpha value is -1.71. The van der Waals surface area contributed by atoms with E-state index in [1.165, 1.54) is 0 Å². The molecule has 0 spiro atoms. The van der Waals surface area contributed by atoms with E-state index in [-0.39, 0.29) is 0 Å². The van der Waals surface area contributed by atoms with Gasteiger partial charge in [0.15, 0.2) is 6.29 Å². The van der Waals surface area contributed by atoms with Gasteiger partial charge in [-0.25, -0.2) is 0 Å². The zero-order valence-electron chi connectivity index (χ0n) is 9.92. The van der Waals surface area contributed by atoms with Gasteiger partial charge in [0.05, 0.1) is 5.52 Å². The lowest BCUT2D eigenvalue weighted by atomic mass is 10.2. The highest BCUT2D eigenvalue weighted by molar-refractivity contribution is 7.98. The van der Waals surface area contributed by atoms with Gasteiger partial charge in [-0.05, 0) is 42.3 Å². The van der Waals surface area contributed by atoms with Gasteiger partial charge in [0.25, 0.3) is 0 Å². The van der Waals surface area contributed by atoms with Crippen molar-refractivity contribution in [3.8, 4) is 0 Å². The average Bonchev–Trinajstić information content (AvgIpc) is 2.80. The molecule has 19 heavy (non-hydrogen) atoms. The van der Waals surface area contributed by atoms with Gasteiger partial charge in [0, 0.05) is 27.1 Å². The first-order valence-corrected chi connectivity index (χ1v) is 6.92. The minimum Gasteiger partial charge on any atom is -0.298 e. The Morgan fingerprint density at radius 3 is 2.53 bits per heavy atom. The molecular weight excluding hydrogens is 278 g/mol. The van der Waals surface area contributed by atoms with Gasteiger partial charge < -0.3 is 0 Å². The lowest BCUT2D eigenvalue weighted by Gasteiger charge is -2.04. The first kappa shape index (κ1) is 12.3. The number of benzene rings is 2. The Kier molecular flexibility index (Phi) is 3.32. The highest BCUT2D eigenvalue weighted by atomic mass is 35.5. The Morgan fingerprint density at radius 1 is 1.05 bits per heavy atom. The molecule has 0 saturated carbocycles. The second-order valence-electron chi connectivity index (χ2n) is 4.09. The number of aromatic nitrogens is 1. The van der Waals surface area contributed by atoms with Gasteiger partial charge in [-0.2, -0.15) is 0 Å². The van der Waals surface area contributed by atoms with Gasteiger partial charge in [0.1, 0.15) is 0 Å². The molecule has 3 rings (SSSR count). The van der Waals surface area contributed by atoms with Gasteiger partial charge >= 0.3 is 0 Å². The van der Waals surface area contributed by atoms with Crippen LogP contribution in [0.5, 0.6) is 0 Å². The molecule has 3 aromatic rings. The maximum atomic E-state index is 11.1. The molecule has 0 aliphatic carbocycles. The Bertz CT molecular complexity index is 733. The van der Waals surface area contributed by atoms with Crippen molar-refractivity contribution < 1.29 is 4.79 Å². The van der Waals surface area contributed by atoms with E-state index in [9.17, 15) is 4.79 Å². The van der Waals surface area contributed by atoms with Crippen LogP contribution in [0.2, 0.25) is 5.02 Å². The number of hydrogen-bond acceptors (Lipinski definition) is 2. The van der Waals surface area contributed by atoms with Crippen LogP contribution in [-0.2, 0) is 0 Å². The third-order valence-electron chi connectivity index (χ3n) is 2.85. The average molecular weight is 288 g/mol. The van der Waals surface area contributed by atoms with Crippen molar-refractivity contribution in [2.75, 3.05) is 0 Å². The molecule has 4 heteroatoms. The number of hydrogen-bond donors (Lipinski definition) is 0. The van der Waals surface area contributed by atoms with Gasteiger partial charge in [-0.3, -0.25) is 8.77 Å². The fourth-order valence-corrected chi connectivity index (χ4v) is 2.99. The first-order valence-electron chi connectivity index (χ1n) is 5.77. The summed E-state index contributed by atoms with van der Waals surface area (Å²) in [5.74, 6) is 0. The molecule has 1 heterocycles. The molecule has 1 aromatic heterocycles. The zero-order chi connectivity index (χ0) is 13.2. The molecule has 0 aliphatic rings. The number of para-hydroxylation sites is 1. The number of nitrogens with zero attached hydrogens (tertiary/aromatic N) is 1. The molecule has 0 fully saturated rings. The van der Waals surface area contributed by atoms with Crippen LogP contribution in [0.25, 0.3) is 10.9 Å². The summed E-state index contributed by atoms with van der Waals surface area (Å²) in [6.45, 7) is 0. The van der Waals surface area contributed by atoms with Gasteiger partial charge in [-0.1, -0.05) is 29.8 Å². The molecule has 0 saturated heterocycles. The molecule has 2 nitrogen and oxygen atoms in total. The van der Waals surface area contributed by atoms with E-state index in [1.807, 2.05) is 58.7 Å². The molecular formula is C15H10ClNOS. The lowest BCUT2D eigenvalue weighted by Crippen LogP contribution is -1.83. The normalized spacial score (nSPS) is 10.8. The maximum Gasteiger partial charge on any atom is 0.152 e. The third kappa shape index (κ3) is 2.39. The standard InChI is InChI=1S/C15H10ClNOS/c16-12-5-7-13(8-6-12)19-17-9-11(10-18)14-3-1-2-4-15(14)17/h1-10H. The smallest absolute Gasteiger partial charge is 0.152 e. The highest BCUT2D eigenvalue weighted by Gasteiger charge is 2.08. The summed E-state index contributed by atoms with van der Waals surface area (Å²) in [6.07, 6.45) is 2.75. The monoisotopic (exact) mass is 287 g/mol. The quantitative estimate of drug-likeness (QED) is 0.654. The molecule has 94 valence electrons. The molecule has 0 N–H and O–H groups in total. The molecule has 0 atom stereocenters. The molecule has 2 aromatic carbocycles. The van der Waals surface area contributed by atoms with Crippen LogP contribution in [0.1, 0.15) is 10.4 Å². The number of carbonyl (C=O) groups excluding carboxylic acids is 1. The number of aldehydes is 1. The van der Waals surface area contributed by atoms with Crippen LogP contribution in [0.15, 0.2) is 59.6 Å². The van der Waals surface area contributed by atoms with E-state index < -0.39 is 0 Å². The van der Waals surface area contributed by atoms with Crippen LogP contribution in [0.3, 0.4) is 0 Å². The van der Waals surface area contributed by atoms with Crippen molar-refractivity contribution in [2.45, 2.75) is 4.90 Å². The van der Waals surface area contributed by atoms with Crippen molar-refractivity contribution in [3.63, 3.8) is 0 Å². The van der Waals surface area contributed by atoms with Gasteiger partial charge in [0.2, 0.25) is 0 Å². The summed E-state index contributed by atoms with van der Waals surface area (Å²) in [4.78, 5) is 12.2. The predicted octanol–water partition coefficient (Wildman–Crippen LogP) is 4.66. The maximum absolute atomic E-state index is 11.1. The Balaban J connectivity index is 2.05. The molecule has 0 amide bonds. The van der Waals surface area contributed by atoms with Gasteiger partial charge in [-0.15, -0.1) is 0 Å². The SMILES string of the molecule is O=Cc1cn(Sc2ccc(Cl)cc2)c2ccccc12. The van der Waals surface area contributed by atoms with Crippen LogP contribution < -0.4 is 0 Å². The van der Waals surface area contributed by atoms with E-state index in [0.717, 1.165) is 27.1 Å². The van der Waals surface area contributed by atoms with E-state index >= 15 is 0 Å². The largest absolute Gasteiger partial charge is 0.298 e. The molecule has 0 bridgehead atoms. The van der Waals surface area contributed by atoms with Crippen molar-refractivity contribution in [1.29, 1.82) is 0 Å². The van der Waals surface area contributed by atoms with Crippen LogP contribution >= 0.6 is 23.5 Å². The second-order valence-corrected chi connectivity index (χ2v) is 5.57. The molecule has 0 aliphatic heterocycles. The molecule has 0 radical (unpaired) electrons. The Labute approximate surface area is 120 Å². The summed E-state index contributed by atoms with van der Waals surface area (Å²) in [5.41, 5.74) is 1.74. The minimum atomic E-state index is 0.706. The third-order valence-corrected chi connectivity index (χ3v) is 4.09. The van der Waals surface area contributed by atoms with Crippen molar-refractivity contribution in [3.05, 3.63) is 65.3 Å². The second kappa shape index (κ2) is 5.11. The summed E-state index contributed by atoms with van der Waals surface area (Å²) in [7, 11) is 0. The number of carbonyl (C=O) groups is 1. The molecule has 0 unspecified atom stereocenters. The Morgan fingerprint density at radius 2 is 1.79 bits per heavy atom. The number of halogens is 1. The summed E-state index contributed by atoms with van der Waals surface area (Å²) >= 11 is 7.44. The van der Waals surface area contributed by atoms with Crippen molar-refractivity contribution in [1.82, 2.24) is 3.97 Å². The minimum absolute atomic E-state index is 0.706. The summed E-state index contributed by atoms with van der Waals surface area (Å²) in [6, 6.07) is 15.5. The van der Waals surface area contributed by atoms with E-state index in [2.05, 4.69) is 0 Å². The summed E-state index contributed by atoms with van der Waals surface area (Å²) in [5, 5.41) is 1.69. The van der Waals surface area contributed by atoms with Crippen LogP contribution in [0, 0.1) is 0 Å². The fourth-order valence-electron chi connectivity index (χ4n) is 1.95. The van der Waals surface area contributed by atoms with Crippen molar-refractivity contribution >= 4 is 40.7 Å². The number of rotatable bonds is 3.